The first-order valence-corrected chi connectivity index (χ1v) is 3.98. The Morgan fingerprint density at radius 1 is 1.54 bits per heavy atom. The third-order valence-electron chi connectivity index (χ3n) is 2.14. The summed E-state index contributed by atoms with van der Waals surface area (Å²) in [4.78, 5) is 11.3. The van der Waals surface area contributed by atoms with E-state index in [1.807, 2.05) is 12.1 Å². The molecule has 2 rings (SSSR count). The zero-order valence-electron chi connectivity index (χ0n) is 7.07. The minimum atomic E-state index is -0.389. The molecule has 0 radical (unpaired) electrons. The fraction of sp³-hybridized carbons (Fsp3) is 0.200. The molecule has 13 heavy (non-hydrogen) atoms. The van der Waals surface area contributed by atoms with E-state index in [-0.39, 0.29) is 12.1 Å². The molecule has 64 valence electrons. The number of nitriles is 1. The lowest BCUT2D eigenvalue weighted by molar-refractivity contribution is 0.0421. The summed E-state index contributed by atoms with van der Waals surface area (Å²) in [5.74, 6) is -0.389. The van der Waals surface area contributed by atoms with Gasteiger partial charge in [-0.05, 0) is 13.0 Å². The van der Waals surface area contributed by atoms with Crippen molar-refractivity contribution in [2.75, 3.05) is 0 Å². The molecular weight excluding hydrogens is 166 g/mol. The molecular formula is C10H7NO2. The quantitative estimate of drug-likeness (QED) is 0.562. The lowest BCUT2D eigenvalue weighted by Gasteiger charge is -2.00. The summed E-state index contributed by atoms with van der Waals surface area (Å²) >= 11 is 0. The first kappa shape index (κ1) is 7.81. The van der Waals surface area contributed by atoms with Gasteiger partial charge in [0.25, 0.3) is 0 Å². The summed E-state index contributed by atoms with van der Waals surface area (Å²) < 4.78 is 4.98. The molecule has 0 saturated heterocycles. The molecule has 1 heterocycles. The number of hydrogen-bond acceptors (Lipinski definition) is 3. The molecule has 0 fully saturated rings. The third-order valence-corrected chi connectivity index (χ3v) is 2.14. The third kappa shape index (κ3) is 0.994. The normalized spacial score (nSPS) is 19.1. The predicted octanol–water partition coefficient (Wildman–Crippen LogP) is 1.79. The largest absolute Gasteiger partial charge is 0.454 e. The number of hydrogen-bond donors (Lipinski definition) is 0. The molecule has 1 aliphatic rings. The van der Waals surface area contributed by atoms with Gasteiger partial charge in [-0.3, -0.25) is 0 Å². The Labute approximate surface area is 75.6 Å². The highest BCUT2D eigenvalue weighted by molar-refractivity contribution is 5.96. The van der Waals surface area contributed by atoms with Gasteiger partial charge in [0.05, 0.1) is 11.1 Å². The van der Waals surface area contributed by atoms with E-state index >= 15 is 0 Å². The van der Waals surface area contributed by atoms with E-state index in [9.17, 15) is 4.79 Å². The minimum absolute atomic E-state index is 0.226. The zero-order chi connectivity index (χ0) is 9.42. The van der Waals surface area contributed by atoms with Crippen LogP contribution in [0.2, 0.25) is 0 Å². The van der Waals surface area contributed by atoms with Gasteiger partial charge in [0.15, 0.2) is 0 Å². The molecule has 0 aliphatic carbocycles. The van der Waals surface area contributed by atoms with Gasteiger partial charge in [0.2, 0.25) is 0 Å². The van der Waals surface area contributed by atoms with Gasteiger partial charge < -0.3 is 4.74 Å². The van der Waals surface area contributed by atoms with Crippen molar-refractivity contribution >= 4 is 5.97 Å². The molecule has 3 nitrogen and oxygen atoms in total. The van der Waals surface area contributed by atoms with Crippen LogP contribution in [-0.2, 0) is 4.74 Å². The average Bonchev–Trinajstić information content (AvgIpc) is 2.43. The van der Waals surface area contributed by atoms with Gasteiger partial charge in [-0.1, -0.05) is 12.1 Å². The van der Waals surface area contributed by atoms with Crippen molar-refractivity contribution in [3.8, 4) is 6.07 Å². The summed E-state index contributed by atoms with van der Waals surface area (Å²) in [5.41, 5.74) is 1.63. The van der Waals surface area contributed by atoms with E-state index in [1.165, 1.54) is 0 Å². The molecule has 0 amide bonds. The van der Waals surface area contributed by atoms with Crippen LogP contribution in [0.3, 0.4) is 0 Å². The van der Waals surface area contributed by atoms with E-state index in [4.69, 9.17) is 10.00 Å². The molecule has 3 heteroatoms. The van der Waals surface area contributed by atoms with Crippen LogP contribution in [-0.4, -0.2) is 5.97 Å². The van der Waals surface area contributed by atoms with Gasteiger partial charge in [-0.25, -0.2) is 4.79 Å². The van der Waals surface area contributed by atoms with Crippen molar-refractivity contribution < 1.29 is 9.53 Å². The molecule has 0 saturated carbocycles. The van der Waals surface area contributed by atoms with E-state index in [0.717, 1.165) is 5.56 Å². The smallest absolute Gasteiger partial charge is 0.340 e. The Morgan fingerprint density at radius 2 is 2.31 bits per heavy atom. The molecule has 0 aromatic heterocycles. The summed E-state index contributed by atoms with van der Waals surface area (Å²) in [6.07, 6.45) is -0.226. The molecule has 1 aromatic carbocycles. The monoisotopic (exact) mass is 173 g/mol. The zero-order valence-corrected chi connectivity index (χ0v) is 7.07. The number of ether oxygens (including phenoxy) is 1. The van der Waals surface area contributed by atoms with Crippen molar-refractivity contribution in [1.82, 2.24) is 0 Å². The Morgan fingerprint density at radius 3 is 3.00 bits per heavy atom. The molecule has 0 bridgehead atoms. The van der Waals surface area contributed by atoms with Crippen molar-refractivity contribution in [2.24, 2.45) is 0 Å². The molecule has 0 N–H and O–H groups in total. The maximum Gasteiger partial charge on any atom is 0.340 e. The molecule has 1 aromatic rings. The minimum Gasteiger partial charge on any atom is -0.454 e. The fourth-order valence-corrected chi connectivity index (χ4v) is 1.51. The van der Waals surface area contributed by atoms with Crippen molar-refractivity contribution in [3.63, 3.8) is 0 Å². The van der Waals surface area contributed by atoms with Gasteiger partial charge >= 0.3 is 5.97 Å². The average molecular weight is 173 g/mol. The van der Waals surface area contributed by atoms with Crippen LogP contribution in [0.5, 0.6) is 0 Å². The molecule has 1 unspecified atom stereocenters. The van der Waals surface area contributed by atoms with Gasteiger partial charge in [0.1, 0.15) is 12.2 Å². The van der Waals surface area contributed by atoms with E-state index in [2.05, 4.69) is 0 Å². The summed E-state index contributed by atoms with van der Waals surface area (Å²) in [6, 6.07) is 7.17. The lowest BCUT2D eigenvalue weighted by Crippen LogP contribution is -1.97. The van der Waals surface area contributed by atoms with Gasteiger partial charge in [-0.15, -0.1) is 0 Å². The molecule has 1 aliphatic heterocycles. The first-order chi connectivity index (χ1) is 6.24. The summed E-state index contributed by atoms with van der Waals surface area (Å²) in [6.45, 7) is 1.80. The Kier molecular flexibility index (Phi) is 1.56. The highest BCUT2D eigenvalue weighted by atomic mass is 16.5. The first-order valence-electron chi connectivity index (χ1n) is 3.98. The highest BCUT2D eigenvalue weighted by Gasteiger charge is 2.29. The fourth-order valence-electron chi connectivity index (χ4n) is 1.51. The van der Waals surface area contributed by atoms with E-state index in [0.29, 0.717) is 11.1 Å². The highest BCUT2D eigenvalue weighted by Crippen LogP contribution is 2.31. The second-order valence-corrected chi connectivity index (χ2v) is 2.93. The number of benzene rings is 1. The van der Waals surface area contributed by atoms with E-state index in [1.54, 1.807) is 19.1 Å². The summed E-state index contributed by atoms with van der Waals surface area (Å²) in [7, 11) is 0. The Balaban J connectivity index is 2.71. The molecule has 1 atom stereocenters. The van der Waals surface area contributed by atoms with Crippen LogP contribution in [0.15, 0.2) is 18.2 Å². The topological polar surface area (TPSA) is 50.1 Å². The molecule has 0 spiro atoms. The number of carbonyl (C=O) groups is 1. The Hall–Kier alpha value is -1.82. The standard InChI is InChI=1S/C10H7NO2/c1-6-8-4-2-3-7(5-11)9(8)10(12)13-6/h2-4,6H,1H3. The number of fused-ring (bicyclic) bond motifs is 1. The van der Waals surface area contributed by atoms with Crippen LogP contribution in [0, 0.1) is 11.3 Å². The van der Waals surface area contributed by atoms with Crippen molar-refractivity contribution in [3.05, 3.63) is 34.9 Å². The lowest BCUT2D eigenvalue weighted by atomic mass is 10.0. The van der Waals surface area contributed by atoms with Gasteiger partial charge in [0, 0.05) is 5.56 Å². The van der Waals surface area contributed by atoms with Gasteiger partial charge in [-0.2, -0.15) is 5.26 Å². The maximum absolute atomic E-state index is 11.3. The van der Waals surface area contributed by atoms with Crippen LogP contribution < -0.4 is 0 Å². The maximum atomic E-state index is 11.3. The number of esters is 1. The number of carbonyl (C=O) groups excluding carboxylic acids is 1. The van der Waals surface area contributed by atoms with Crippen LogP contribution in [0.4, 0.5) is 0 Å². The predicted molar refractivity (Wildman–Crippen MR) is 45.0 cm³/mol. The van der Waals surface area contributed by atoms with Crippen LogP contribution in [0.1, 0.15) is 34.5 Å². The van der Waals surface area contributed by atoms with E-state index < -0.39 is 0 Å². The van der Waals surface area contributed by atoms with Crippen LogP contribution >= 0.6 is 0 Å². The number of cyclic esters (lactones) is 1. The van der Waals surface area contributed by atoms with Crippen molar-refractivity contribution in [2.45, 2.75) is 13.0 Å². The van der Waals surface area contributed by atoms with Crippen LogP contribution in [0.25, 0.3) is 0 Å². The number of nitrogens with zero attached hydrogens (tertiary/aromatic N) is 1. The second kappa shape index (κ2) is 2.60. The SMILES string of the molecule is CC1OC(=O)c2c(C#N)cccc21. The van der Waals surface area contributed by atoms with Crippen molar-refractivity contribution in [1.29, 1.82) is 5.26 Å². The summed E-state index contributed by atoms with van der Waals surface area (Å²) in [5, 5.41) is 8.75. The number of rotatable bonds is 0. The Bertz CT molecular complexity index is 417. The second-order valence-electron chi connectivity index (χ2n) is 2.93.